The van der Waals surface area contributed by atoms with E-state index in [0.717, 1.165) is 57.7 Å². The highest BCUT2D eigenvalue weighted by Gasteiger charge is 2.41. The summed E-state index contributed by atoms with van der Waals surface area (Å²) in [6.07, 6.45) is 4.01. The number of carbonyl (C=O) groups is 1. The van der Waals surface area contributed by atoms with Gasteiger partial charge in [-0.15, -0.1) is 0 Å². The summed E-state index contributed by atoms with van der Waals surface area (Å²) in [7, 11) is 0. The Morgan fingerprint density at radius 1 is 1.35 bits per heavy atom. The number of amides is 2. The molecule has 5 nitrogen and oxygen atoms in total. The van der Waals surface area contributed by atoms with Gasteiger partial charge in [0.1, 0.15) is 0 Å². The van der Waals surface area contributed by atoms with Crippen LogP contribution in [0.4, 0.5) is 10.5 Å². The first-order valence-corrected chi connectivity index (χ1v) is 8.57. The van der Waals surface area contributed by atoms with Gasteiger partial charge in [0.15, 0.2) is 0 Å². The molecule has 1 aromatic carbocycles. The number of piperidine rings is 1. The van der Waals surface area contributed by atoms with Crippen molar-refractivity contribution < 1.29 is 14.3 Å². The summed E-state index contributed by atoms with van der Waals surface area (Å²) in [6.45, 7) is 5.03. The summed E-state index contributed by atoms with van der Waals surface area (Å²) >= 11 is 0. The zero-order valence-corrected chi connectivity index (χ0v) is 13.8. The maximum absolute atomic E-state index is 12.4. The lowest BCUT2D eigenvalue weighted by Gasteiger charge is -2.45. The van der Waals surface area contributed by atoms with Crippen LogP contribution in [0.1, 0.15) is 32.6 Å². The molecule has 1 aromatic rings. The monoisotopic (exact) mass is 318 g/mol. The number of urea groups is 1. The van der Waals surface area contributed by atoms with Crippen LogP contribution in [-0.4, -0.2) is 48.9 Å². The van der Waals surface area contributed by atoms with Gasteiger partial charge in [-0.25, -0.2) is 4.79 Å². The van der Waals surface area contributed by atoms with Crippen molar-refractivity contribution in [1.82, 2.24) is 4.90 Å². The lowest BCUT2D eigenvalue weighted by Crippen LogP contribution is -2.52. The predicted octanol–water partition coefficient (Wildman–Crippen LogP) is 3.27. The molecule has 126 valence electrons. The second kappa shape index (κ2) is 7.32. The molecule has 1 spiro atoms. The molecule has 0 aromatic heterocycles. The fraction of sp³-hybridized carbons (Fsp3) is 0.611. The fourth-order valence-corrected chi connectivity index (χ4v) is 3.55. The van der Waals surface area contributed by atoms with Crippen molar-refractivity contribution in [2.75, 3.05) is 31.6 Å². The van der Waals surface area contributed by atoms with Gasteiger partial charge in [-0.1, -0.05) is 18.2 Å². The number of likely N-dealkylation sites (tertiary alicyclic amines) is 1. The Morgan fingerprint density at radius 3 is 2.78 bits per heavy atom. The highest BCUT2D eigenvalue weighted by molar-refractivity contribution is 5.89. The van der Waals surface area contributed by atoms with Crippen LogP contribution in [0.3, 0.4) is 0 Å². The van der Waals surface area contributed by atoms with Crippen LogP contribution in [0.2, 0.25) is 0 Å². The molecular weight excluding hydrogens is 292 g/mol. The normalized spacial score (nSPS) is 23.7. The van der Waals surface area contributed by atoms with Gasteiger partial charge in [0.2, 0.25) is 0 Å². The highest BCUT2D eigenvalue weighted by Crippen LogP contribution is 2.36. The van der Waals surface area contributed by atoms with E-state index in [1.165, 1.54) is 0 Å². The van der Waals surface area contributed by atoms with Crippen LogP contribution in [0.25, 0.3) is 0 Å². The fourth-order valence-electron chi connectivity index (χ4n) is 3.55. The Balaban J connectivity index is 1.52. The molecule has 2 fully saturated rings. The summed E-state index contributed by atoms with van der Waals surface area (Å²) in [5.41, 5.74) is 0.741. The van der Waals surface area contributed by atoms with Crippen molar-refractivity contribution in [3.63, 3.8) is 0 Å². The molecule has 1 atom stereocenters. The molecule has 5 heteroatoms. The second-order valence-electron chi connectivity index (χ2n) is 6.38. The average molecular weight is 318 g/mol. The predicted molar refractivity (Wildman–Crippen MR) is 89.6 cm³/mol. The summed E-state index contributed by atoms with van der Waals surface area (Å²) in [5.74, 6) is 0. The SMILES string of the molecule is CCOC1CCOC2(CCN(C(=O)Nc3ccccc3)CC2)C1. The molecule has 2 heterocycles. The van der Waals surface area contributed by atoms with Gasteiger partial charge >= 0.3 is 6.03 Å². The smallest absolute Gasteiger partial charge is 0.321 e. The number of rotatable bonds is 3. The minimum atomic E-state index is -0.0956. The van der Waals surface area contributed by atoms with Gasteiger partial charge in [0.25, 0.3) is 0 Å². The van der Waals surface area contributed by atoms with Crippen LogP contribution in [-0.2, 0) is 9.47 Å². The van der Waals surface area contributed by atoms with Gasteiger partial charge in [-0.05, 0) is 38.3 Å². The van der Waals surface area contributed by atoms with E-state index in [-0.39, 0.29) is 11.6 Å². The topological polar surface area (TPSA) is 50.8 Å². The van der Waals surface area contributed by atoms with Crippen molar-refractivity contribution >= 4 is 11.7 Å². The van der Waals surface area contributed by atoms with Crippen LogP contribution >= 0.6 is 0 Å². The van der Waals surface area contributed by atoms with E-state index in [9.17, 15) is 4.79 Å². The Labute approximate surface area is 137 Å². The third-order valence-electron chi connectivity index (χ3n) is 4.84. The number of para-hydroxylation sites is 1. The van der Waals surface area contributed by atoms with Gasteiger partial charge in [-0.3, -0.25) is 0 Å². The Bertz CT molecular complexity index is 510. The Hall–Kier alpha value is -1.59. The molecule has 0 bridgehead atoms. The lowest BCUT2D eigenvalue weighted by atomic mass is 9.83. The van der Waals surface area contributed by atoms with E-state index in [4.69, 9.17) is 9.47 Å². The maximum Gasteiger partial charge on any atom is 0.321 e. The van der Waals surface area contributed by atoms with Gasteiger partial charge < -0.3 is 19.7 Å². The number of carbonyl (C=O) groups excluding carboxylic acids is 1. The second-order valence-corrected chi connectivity index (χ2v) is 6.38. The number of benzene rings is 1. The third-order valence-corrected chi connectivity index (χ3v) is 4.84. The number of hydrogen-bond acceptors (Lipinski definition) is 3. The first-order chi connectivity index (χ1) is 11.2. The van der Waals surface area contributed by atoms with Gasteiger partial charge in [-0.2, -0.15) is 0 Å². The first kappa shape index (κ1) is 16.3. The van der Waals surface area contributed by atoms with E-state index < -0.39 is 0 Å². The highest BCUT2D eigenvalue weighted by atomic mass is 16.5. The van der Waals surface area contributed by atoms with E-state index in [2.05, 4.69) is 5.32 Å². The minimum Gasteiger partial charge on any atom is -0.378 e. The van der Waals surface area contributed by atoms with Crippen molar-refractivity contribution in [3.05, 3.63) is 30.3 Å². The van der Waals surface area contributed by atoms with Gasteiger partial charge in [0, 0.05) is 38.4 Å². The number of hydrogen-bond donors (Lipinski definition) is 1. The molecular formula is C18H26N2O3. The standard InChI is InChI=1S/C18H26N2O3/c1-2-22-16-8-13-23-18(14-16)9-11-20(12-10-18)17(21)19-15-6-4-3-5-7-15/h3-7,16H,2,8-14H2,1H3,(H,19,21). The molecule has 1 unspecified atom stereocenters. The zero-order chi connectivity index (χ0) is 16.1. The molecule has 2 aliphatic heterocycles. The van der Waals surface area contributed by atoms with Crippen molar-refractivity contribution in [3.8, 4) is 0 Å². The summed E-state index contributed by atoms with van der Waals surface area (Å²) in [6, 6.07) is 9.56. The quantitative estimate of drug-likeness (QED) is 0.930. The number of ether oxygens (including phenoxy) is 2. The Morgan fingerprint density at radius 2 is 2.09 bits per heavy atom. The first-order valence-electron chi connectivity index (χ1n) is 8.57. The Kier molecular flexibility index (Phi) is 5.18. The maximum atomic E-state index is 12.4. The van der Waals surface area contributed by atoms with Gasteiger partial charge in [0.05, 0.1) is 11.7 Å². The molecule has 3 rings (SSSR count). The van der Waals surface area contributed by atoms with Crippen LogP contribution in [0.15, 0.2) is 30.3 Å². The van der Waals surface area contributed by atoms with Crippen molar-refractivity contribution in [1.29, 1.82) is 0 Å². The number of nitrogens with zero attached hydrogens (tertiary/aromatic N) is 1. The molecule has 23 heavy (non-hydrogen) atoms. The zero-order valence-electron chi connectivity index (χ0n) is 13.8. The molecule has 2 aliphatic rings. The van der Waals surface area contributed by atoms with Crippen LogP contribution < -0.4 is 5.32 Å². The van der Waals surface area contributed by atoms with Crippen LogP contribution in [0, 0.1) is 0 Å². The molecule has 1 N–H and O–H groups in total. The third kappa shape index (κ3) is 4.03. The molecule has 0 radical (unpaired) electrons. The molecule has 2 saturated heterocycles. The van der Waals surface area contributed by atoms with E-state index in [1.807, 2.05) is 42.2 Å². The number of anilines is 1. The summed E-state index contributed by atoms with van der Waals surface area (Å²) < 4.78 is 11.9. The minimum absolute atomic E-state index is 0.0248. The van der Waals surface area contributed by atoms with E-state index >= 15 is 0 Å². The summed E-state index contributed by atoms with van der Waals surface area (Å²) in [4.78, 5) is 14.2. The largest absolute Gasteiger partial charge is 0.378 e. The van der Waals surface area contributed by atoms with E-state index in [1.54, 1.807) is 0 Å². The molecule has 2 amide bonds. The van der Waals surface area contributed by atoms with Crippen LogP contribution in [0.5, 0.6) is 0 Å². The number of nitrogens with one attached hydrogen (secondary N) is 1. The van der Waals surface area contributed by atoms with E-state index in [0.29, 0.717) is 6.10 Å². The molecule has 0 saturated carbocycles. The summed E-state index contributed by atoms with van der Waals surface area (Å²) in [5, 5.41) is 2.95. The van der Waals surface area contributed by atoms with Crippen molar-refractivity contribution in [2.24, 2.45) is 0 Å². The van der Waals surface area contributed by atoms with Crippen molar-refractivity contribution in [2.45, 2.75) is 44.3 Å². The molecule has 0 aliphatic carbocycles. The lowest BCUT2D eigenvalue weighted by molar-refractivity contribution is -0.150. The average Bonchev–Trinajstić information content (AvgIpc) is 2.57.